The summed E-state index contributed by atoms with van der Waals surface area (Å²) in [7, 11) is 1.22. The van der Waals surface area contributed by atoms with Gasteiger partial charge in [0.25, 0.3) is 5.69 Å². The number of carbonyl (C=O) groups is 3. The van der Waals surface area contributed by atoms with Crippen LogP contribution in [0.4, 0.5) is 5.69 Å². The van der Waals surface area contributed by atoms with Crippen LogP contribution in [0.3, 0.4) is 0 Å². The first kappa shape index (κ1) is 26.1. The molecule has 0 radical (unpaired) electrons. The first-order valence-electron chi connectivity index (χ1n) is 11.5. The Hall–Kier alpha value is -3.53. The quantitative estimate of drug-likeness (QED) is 0.184. The van der Waals surface area contributed by atoms with Crippen molar-refractivity contribution in [2.24, 2.45) is 11.8 Å². The van der Waals surface area contributed by atoms with Crippen LogP contribution in [0.2, 0.25) is 0 Å². The predicted octanol–water partition coefficient (Wildman–Crippen LogP) is 3.18. The Bertz CT molecular complexity index is 1090. The van der Waals surface area contributed by atoms with Crippen LogP contribution >= 0.6 is 0 Å². The van der Waals surface area contributed by atoms with Crippen LogP contribution in [0.15, 0.2) is 46.8 Å². The number of nitrogens with zero attached hydrogens (tertiary/aromatic N) is 1. The lowest BCUT2D eigenvalue weighted by Gasteiger charge is -2.38. The van der Waals surface area contributed by atoms with Gasteiger partial charge in [-0.25, -0.2) is 4.79 Å². The maximum Gasteiger partial charge on any atom is 0.336 e. The van der Waals surface area contributed by atoms with Crippen molar-refractivity contribution in [1.29, 1.82) is 0 Å². The number of nitro groups is 1. The minimum Gasteiger partial charge on any atom is -0.468 e. The van der Waals surface area contributed by atoms with Gasteiger partial charge in [0.05, 0.1) is 24.2 Å². The van der Waals surface area contributed by atoms with Gasteiger partial charge in [-0.1, -0.05) is 26.0 Å². The summed E-state index contributed by atoms with van der Waals surface area (Å²) in [5.41, 5.74) is 1.65. The van der Waals surface area contributed by atoms with E-state index in [9.17, 15) is 24.5 Å². The van der Waals surface area contributed by atoms with E-state index in [1.165, 1.54) is 25.3 Å². The van der Waals surface area contributed by atoms with Crippen molar-refractivity contribution < 1.29 is 33.5 Å². The number of ketones is 1. The van der Waals surface area contributed by atoms with Crippen LogP contribution in [0.1, 0.15) is 45.1 Å². The molecule has 10 nitrogen and oxygen atoms in total. The fraction of sp³-hybridized carbons (Fsp3) is 0.480. The Labute approximate surface area is 203 Å². The van der Waals surface area contributed by atoms with Gasteiger partial charge in [-0.05, 0) is 31.2 Å². The van der Waals surface area contributed by atoms with E-state index in [1.807, 2.05) is 6.92 Å². The Kier molecular flexibility index (Phi) is 8.39. The number of nitrogens with one attached hydrogen (secondary N) is 1. The van der Waals surface area contributed by atoms with Crippen molar-refractivity contribution in [2.75, 3.05) is 26.9 Å². The maximum atomic E-state index is 13.7. The number of benzene rings is 1. The molecule has 10 heteroatoms. The van der Waals surface area contributed by atoms with Crippen molar-refractivity contribution in [3.8, 4) is 0 Å². The third-order valence-electron chi connectivity index (χ3n) is 6.19. The number of carbonyl (C=O) groups excluding carboxylic acids is 3. The number of ether oxygens (including phenoxy) is 3. The van der Waals surface area contributed by atoms with Crippen molar-refractivity contribution in [2.45, 2.75) is 39.5 Å². The van der Waals surface area contributed by atoms with Gasteiger partial charge in [-0.3, -0.25) is 19.7 Å². The minimum absolute atomic E-state index is 0.0128. The fourth-order valence-electron chi connectivity index (χ4n) is 4.62. The predicted molar refractivity (Wildman–Crippen MR) is 125 cm³/mol. The van der Waals surface area contributed by atoms with E-state index in [0.717, 1.165) is 6.42 Å². The molecular formula is C25H30N2O8. The molecule has 2 aliphatic rings. The molecule has 0 unspecified atom stereocenters. The van der Waals surface area contributed by atoms with Crippen LogP contribution < -0.4 is 5.32 Å². The molecule has 0 saturated heterocycles. The highest BCUT2D eigenvalue weighted by atomic mass is 16.6. The Morgan fingerprint density at radius 2 is 1.97 bits per heavy atom. The normalized spacial score (nSPS) is 21.8. The molecule has 0 aromatic heterocycles. The van der Waals surface area contributed by atoms with Gasteiger partial charge < -0.3 is 19.5 Å². The lowest BCUT2D eigenvalue weighted by molar-refractivity contribution is -0.384. The van der Waals surface area contributed by atoms with E-state index in [2.05, 4.69) is 5.32 Å². The van der Waals surface area contributed by atoms with Gasteiger partial charge in [0.15, 0.2) is 5.78 Å². The number of dihydropyridines is 1. The van der Waals surface area contributed by atoms with E-state index in [0.29, 0.717) is 30.0 Å². The average molecular weight is 487 g/mol. The summed E-state index contributed by atoms with van der Waals surface area (Å²) in [6.45, 7) is 6.21. The highest BCUT2D eigenvalue weighted by Gasteiger charge is 2.47. The van der Waals surface area contributed by atoms with E-state index in [1.54, 1.807) is 19.9 Å². The van der Waals surface area contributed by atoms with Crippen molar-refractivity contribution in [3.05, 3.63) is 62.5 Å². The number of methoxy groups -OCH3 is 1. The second kappa shape index (κ2) is 11.3. The lowest BCUT2D eigenvalue weighted by atomic mass is 9.69. The highest BCUT2D eigenvalue weighted by molar-refractivity contribution is 6.12. The Morgan fingerprint density at radius 3 is 2.63 bits per heavy atom. The van der Waals surface area contributed by atoms with Crippen molar-refractivity contribution in [1.82, 2.24) is 5.32 Å². The van der Waals surface area contributed by atoms with Gasteiger partial charge >= 0.3 is 11.9 Å². The average Bonchev–Trinajstić information content (AvgIpc) is 2.82. The molecule has 3 atom stereocenters. The molecule has 1 aromatic carbocycles. The van der Waals surface area contributed by atoms with Crippen molar-refractivity contribution >= 4 is 23.4 Å². The molecule has 0 amide bonds. The third-order valence-corrected chi connectivity index (χ3v) is 6.19. The Balaban J connectivity index is 2.07. The zero-order valence-corrected chi connectivity index (χ0v) is 20.3. The second-order valence-corrected chi connectivity index (χ2v) is 8.64. The molecule has 0 bridgehead atoms. The lowest BCUT2D eigenvalue weighted by Crippen LogP contribution is -2.43. The summed E-state index contributed by atoms with van der Waals surface area (Å²) in [5.74, 6) is -4.11. The van der Waals surface area contributed by atoms with Crippen LogP contribution in [0, 0.1) is 22.0 Å². The van der Waals surface area contributed by atoms with Crippen molar-refractivity contribution in [3.63, 3.8) is 0 Å². The molecular weight excluding hydrogens is 456 g/mol. The number of nitro benzene ring substituents is 1. The molecule has 1 aliphatic heterocycles. The SMILES string of the molecule is CCCOCCOC(=O)C1=C(C)NC2=C(C(=O)[C@H](C(=O)OC)[C@H](C)C2)[C@@H]1c1cccc([N+](=O)[O-])c1. The van der Waals surface area contributed by atoms with E-state index >= 15 is 0 Å². The van der Waals surface area contributed by atoms with Gasteiger partial charge in [0.2, 0.25) is 0 Å². The highest BCUT2D eigenvalue weighted by Crippen LogP contribution is 2.45. The molecule has 0 spiro atoms. The molecule has 35 heavy (non-hydrogen) atoms. The molecule has 1 N–H and O–H groups in total. The van der Waals surface area contributed by atoms with E-state index in [-0.39, 0.29) is 36.0 Å². The molecule has 0 saturated carbocycles. The number of allylic oxidation sites excluding steroid dienone is 3. The monoisotopic (exact) mass is 486 g/mol. The Morgan fingerprint density at radius 1 is 1.23 bits per heavy atom. The number of Topliss-reactive ketones (excluding diaryl/α,β-unsaturated/α-hetero) is 1. The number of non-ortho nitro benzene ring substituents is 1. The summed E-state index contributed by atoms with van der Waals surface area (Å²) in [6, 6.07) is 5.79. The molecule has 1 aromatic rings. The van der Waals surface area contributed by atoms with Gasteiger partial charge in [0, 0.05) is 41.6 Å². The molecule has 3 rings (SSSR count). The van der Waals surface area contributed by atoms with Crippen LogP contribution in [-0.4, -0.2) is 49.6 Å². The summed E-state index contributed by atoms with van der Waals surface area (Å²) in [5, 5.41) is 14.6. The fourth-order valence-corrected chi connectivity index (χ4v) is 4.62. The summed E-state index contributed by atoms with van der Waals surface area (Å²) >= 11 is 0. The number of hydrogen-bond acceptors (Lipinski definition) is 9. The van der Waals surface area contributed by atoms with E-state index < -0.39 is 34.5 Å². The third kappa shape index (κ3) is 5.43. The van der Waals surface area contributed by atoms with Gasteiger partial charge in [-0.15, -0.1) is 0 Å². The topological polar surface area (TPSA) is 134 Å². The zero-order valence-electron chi connectivity index (χ0n) is 20.3. The van der Waals surface area contributed by atoms with Crippen LogP contribution in [0.25, 0.3) is 0 Å². The zero-order chi connectivity index (χ0) is 25.7. The smallest absolute Gasteiger partial charge is 0.336 e. The molecule has 1 heterocycles. The first-order chi connectivity index (χ1) is 16.7. The van der Waals surface area contributed by atoms with E-state index in [4.69, 9.17) is 14.2 Å². The minimum atomic E-state index is -1.04. The number of esters is 2. The largest absolute Gasteiger partial charge is 0.468 e. The molecule has 188 valence electrons. The standard InChI is InChI=1S/C25H30N2O8/c1-5-9-34-10-11-35-25(30)20-15(3)26-18-12-14(2)19(24(29)33-4)23(28)22(18)21(20)16-7-6-8-17(13-16)27(31)32/h6-8,13-14,19,21,26H,5,9-12H2,1-4H3/t14-,19-,21-/m1/s1. The molecule has 0 fully saturated rings. The van der Waals surface area contributed by atoms with Crippen LogP contribution in [0.5, 0.6) is 0 Å². The number of rotatable bonds is 9. The number of hydrogen-bond donors (Lipinski definition) is 1. The van der Waals surface area contributed by atoms with Gasteiger partial charge in [-0.2, -0.15) is 0 Å². The maximum absolute atomic E-state index is 13.7. The summed E-state index contributed by atoms with van der Waals surface area (Å²) < 4.78 is 15.7. The summed E-state index contributed by atoms with van der Waals surface area (Å²) in [6.07, 6.45) is 1.20. The molecule has 1 aliphatic carbocycles. The van der Waals surface area contributed by atoms with Gasteiger partial charge in [0.1, 0.15) is 12.5 Å². The first-order valence-corrected chi connectivity index (χ1v) is 11.5. The second-order valence-electron chi connectivity index (χ2n) is 8.64. The summed E-state index contributed by atoms with van der Waals surface area (Å²) in [4.78, 5) is 50.3. The van der Waals surface area contributed by atoms with Crippen LogP contribution in [-0.2, 0) is 28.6 Å².